The van der Waals surface area contributed by atoms with Crippen molar-refractivity contribution in [3.63, 3.8) is 0 Å². The first-order valence-corrected chi connectivity index (χ1v) is 5.74. The van der Waals surface area contributed by atoms with Gasteiger partial charge in [-0.2, -0.15) is 0 Å². The highest BCUT2D eigenvalue weighted by atomic mass is 16.1. The first-order valence-electron chi connectivity index (χ1n) is 5.74. The quantitative estimate of drug-likeness (QED) is 0.795. The standard InChI is InChI=1S/C13H20N2O/c1-3-12(11-7-5-4-6-8-11)15-13(16)10(2)9-14/h4-8,10,12H,3,9,14H2,1-2H3,(H,15,16)/t10?,12-/m1/s1. The number of rotatable bonds is 5. The Morgan fingerprint density at radius 1 is 1.38 bits per heavy atom. The van der Waals surface area contributed by atoms with Gasteiger partial charge < -0.3 is 11.1 Å². The van der Waals surface area contributed by atoms with Crippen LogP contribution in [-0.4, -0.2) is 12.5 Å². The van der Waals surface area contributed by atoms with E-state index in [4.69, 9.17) is 5.73 Å². The summed E-state index contributed by atoms with van der Waals surface area (Å²) in [5.41, 5.74) is 6.61. The highest BCUT2D eigenvalue weighted by Crippen LogP contribution is 2.16. The van der Waals surface area contributed by atoms with Crippen molar-refractivity contribution in [1.82, 2.24) is 5.32 Å². The SMILES string of the molecule is CC[C@@H](NC(=O)C(C)CN)c1ccccc1. The highest BCUT2D eigenvalue weighted by molar-refractivity contribution is 5.78. The molecule has 1 amide bonds. The van der Waals surface area contributed by atoms with Crippen molar-refractivity contribution >= 4 is 5.91 Å². The monoisotopic (exact) mass is 220 g/mol. The maximum atomic E-state index is 11.7. The first kappa shape index (κ1) is 12.7. The third-order valence-electron chi connectivity index (χ3n) is 2.73. The summed E-state index contributed by atoms with van der Waals surface area (Å²) in [6, 6.07) is 10.1. The van der Waals surface area contributed by atoms with Crippen LogP contribution in [-0.2, 0) is 4.79 Å². The van der Waals surface area contributed by atoms with Gasteiger partial charge in [0.1, 0.15) is 0 Å². The van der Waals surface area contributed by atoms with E-state index in [0.29, 0.717) is 6.54 Å². The van der Waals surface area contributed by atoms with Crippen LogP contribution in [0.25, 0.3) is 0 Å². The predicted molar refractivity (Wildman–Crippen MR) is 65.8 cm³/mol. The van der Waals surface area contributed by atoms with E-state index >= 15 is 0 Å². The van der Waals surface area contributed by atoms with Gasteiger partial charge in [-0.3, -0.25) is 4.79 Å². The van der Waals surface area contributed by atoms with Gasteiger partial charge in [-0.05, 0) is 12.0 Å². The molecule has 3 heteroatoms. The molecule has 0 spiro atoms. The number of nitrogens with two attached hydrogens (primary N) is 1. The molecule has 1 aromatic rings. The average Bonchev–Trinajstić information content (AvgIpc) is 2.35. The molecule has 0 aromatic heterocycles. The Balaban J connectivity index is 2.66. The van der Waals surface area contributed by atoms with Crippen LogP contribution in [0.2, 0.25) is 0 Å². The molecule has 1 unspecified atom stereocenters. The minimum Gasteiger partial charge on any atom is -0.349 e. The minimum atomic E-state index is -0.127. The number of hydrogen-bond acceptors (Lipinski definition) is 2. The summed E-state index contributed by atoms with van der Waals surface area (Å²) >= 11 is 0. The van der Waals surface area contributed by atoms with Crippen molar-refractivity contribution in [3.05, 3.63) is 35.9 Å². The average molecular weight is 220 g/mol. The number of nitrogens with one attached hydrogen (secondary N) is 1. The maximum absolute atomic E-state index is 11.7. The van der Waals surface area contributed by atoms with Crippen LogP contribution >= 0.6 is 0 Å². The Hall–Kier alpha value is -1.35. The van der Waals surface area contributed by atoms with Gasteiger partial charge in [-0.15, -0.1) is 0 Å². The van der Waals surface area contributed by atoms with Gasteiger partial charge in [0, 0.05) is 12.5 Å². The van der Waals surface area contributed by atoms with Gasteiger partial charge in [0.2, 0.25) is 5.91 Å². The van der Waals surface area contributed by atoms with Crippen LogP contribution in [0.1, 0.15) is 31.9 Å². The van der Waals surface area contributed by atoms with Crippen LogP contribution in [0.15, 0.2) is 30.3 Å². The van der Waals surface area contributed by atoms with E-state index in [1.54, 1.807) is 0 Å². The second-order valence-electron chi connectivity index (χ2n) is 4.02. The van der Waals surface area contributed by atoms with E-state index in [9.17, 15) is 4.79 Å². The summed E-state index contributed by atoms with van der Waals surface area (Å²) in [6.45, 7) is 4.29. The Kier molecular flexibility index (Phi) is 4.99. The lowest BCUT2D eigenvalue weighted by Crippen LogP contribution is -2.35. The zero-order valence-corrected chi connectivity index (χ0v) is 9.94. The zero-order valence-electron chi connectivity index (χ0n) is 9.94. The minimum absolute atomic E-state index is 0.0261. The first-order chi connectivity index (χ1) is 7.69. The summed E-state index contributed by atoms with van der Waals surface area (Å²) in [6.07, 6.45) is 0.882. The lowest BCUT2D eigenvalue weighted by Gasteiger charge is -2.19. The Morgan fingerprint density at radius 2 is 2.00 bits per heavy atom. The van der Waals surface area contributed by atoms with Crippen molar-refractivity contribution in [1.29, 1.82) is 0 Å². The number of carbonyl (C=O) groups is 1. The van der Waals surface area contributed by atoms with Crippen LogP contribution in [0.3, 0.4) is 0 Å². The largest absolute Gasteiger partial charge is 0.349 e. The fraction of sp³-hybridized carbons (Fsp3) is 0.462. The van der Waals surface area contributed by atoms with Gasteiger partial charge in [-0.1, -0.05) is 44.2 Å². The molecule has 2 atom stereocenters. The predicted octanol–water partition coefficient (Wildman–Crippen LogP) is 1.85. The molecule has 0 radical (unpaired) electrons. The normalized spacial score (nSPS) is 14.2. The molecule has 16 heavy (non-hydrogen) atoms. The number of amides is 1. The summed E-state index contributed by atoms with van der Waals surface area (Å²) in [7, 11) is 0. The Labute approximate surface area is 97.0 Å². The Bertz CT molecular complexity index is 324. The zero-order chi connectivity index (χ0) is 12.0. The van der Waals surface area contributed by atoms with Gasteiger partial charge in [-0.25, -0.2) is 0 Å². The second kappa shape index (κ2) is 6.28. The molecule has 3 N–H and O–H groups in total. The molecular weight excluding hydrogens is 200 g/mol. The Morgan fingerprint density at radius 3 is 2.50 bits per heavy atom. The molecule has 0 aliphatic rings. The molecule has 88 valence electrons. The topological polar surface area (TPSA) is 55.1 Å². The number of carbonyl (C=O) groups excluding carboxylic acids is 1. The lowest BCUT2D eigenvalue weighted by atomic mass is 10.0. The fourth-order valence-electron chi connectivity index (χ4n) is 1.53. The smallest absolute Gasteiger partial charge is 0.224 e. The molecule has 0 bridgehead atoms. The molecule has 0 fully saturated rings. The van der Waals surface area contributed by atoms with Crippen LogP contribution in [0, 0.1) is 5.92 Å². The lowest BCUT2D eigenvalue weighted by molar-refractivity contribution is -0.125. The van der Waals surface area contributed by atoms with Crippen molar-refractivity contribution in [3.8, 4) is 0 Å². The van der Waals surface area contributed by atoms with E-state index in [0.717, 1.165) is 12.0 Å². The van der Waals surface area contributed by atoms with Gasteiger partial charge >= 0.3 is 0 Å². The molecule has 3 nitrogen and oxygen atoms in total. The molecule has 0 saturated carbocycles. The van der Waals surface area contributed by atoms with E-state index in [-0.39, 0.29) is 17.9 Å². The van der Waals surface area contributed by atoms with Crippen molar-refractivity contribution in [2.24, 2.45) is 11.7 Å². The third-order valence-corrected chi connectivity index (χ3v) is 2.73. The molecule has 0 aliphatic carbocycles. The molecule has 1 aromatic carbocycles. The van der Waals surface area contributed by atoms with Crippen molar-refractivity contribution < 1.29 is 4.79 Å². The van der Waals surface area contributed by atoms with Crippen molar-refractivity contribution in [2.75, 3.05) is 6.54 Å². The molecular formula is C13H20N2O. The van der Waals surface area contributed by atoms with Gasteiger partial charge in [0.05, 0.1) is 6.04 Å². The summed E-state index contributed by atoms with van der Waals surface area (Å²) in [4.78, 5) is 11.7. The molecule has 0 heterocycles. The van der Waals surface area contributed by atoms with Gasteiger partial charge in [0.25, 0.3) is 0 Å². The van der Waals surface area contributed by atoms with E-state index in [1.807, 2.05) is 37.3 Å². The third kappa shape index (κ3) is 3.35. The van der Waals surface area contributed by atoms with Gasteiger partial charge in [0.15, 0.2) is 0 Å². The van der Waals surface area contributed by atoms with E-state index in [1.165, 1.54) is 0 Å². The maximum Gasteiger partial charge on any atom is 0.224 e. The highest BCUT2D eigenvalue weighted by Gasteiger charge is 2.16. The number of hydrogen-bond donors (Lipinski definition) is 2. The summed E-state index contributed by atoms with van der Waals surface area (Å²) in [5, 5.41) is 3.01. The van der Waals surface area contributed by atoms with Crippen molar-refractivity contribution in [2.45, 2.75) is 26.3 Å². The molecule has 0 saturated heterocycles. The molecule has 1 rings (SSSR count). The molecule has 0 aliphatic heterocycles. The van der Waals surface area contributed by atoms with Crippen LogP contribution in [0.5, 0.6) is 0 Å². The van der Waals surface area contributed by atoms with Crippen LogP contribution in [0.4, 0.5) is 0 Å². The second-order valence-corrected chi connectivity index (χ2v) is 4.02. The van der Waals surface area contributed by atoms with E-state index < -0.39 is 0 Å². The summed E-state index contributed by atoms with van der Waals surface area (Å²) in [5.74, 6) is -0.101. The van der Waals surface area contributed by atoms with E-state index in [2.05, 4.69) is 12.2 Å². The van der Waals surface area contributed by atoms with Crippen LogP contribution < -0.4 is 11.1 Å². The summed E-state index contributed by atoms with van der Waals surface area (Å²) < 4.78 is 0. The fourth-order valence-corrected chi connectivity index (χ4v) is 1.53. The number of benzene rings is 1.